The molecule has 7 rings (SSSR count). The van der Waals surface area contributed by atoms with Gasteiger partial charge in [0.1, 0.15) is 29.8 Å². The summed E-state index contributed by atoms with van der Waals surface area (Å²) in [5, 5.41) is 11.3. The Balaban J connectivity index is 1.33. The monoisotopic (exact) mass is 783 g/mol. The number of fused-ring (bicyclic) bond motifs is 3. The highest BCUT2D eigenvalue weighted by Gasteiger charge is 2.75. The molecular weight excluding hydrogens is 738 g/mol. The van der Waals surface area contributed by atoms with Crippen molar-refractivity contribution < 1.29 is 33.8 Å². The van der Waals surface area contributed by atoms with E-state index in [4.69, 9.17) is 9.47 Å². The third-order valence-corrected chi connectivity index (χ3v) is 12.0. The first-order valence-electron chi connectivity index (χ1n) is 18.6. The predicted molar refractivity (Wildman–Crippen MR) is 205 cm³/mol. The molecule has 0 unspecified atom stereocenters. The lowest BCUT2D eigenvalue weighted by atomic mass is 9.74. The molecular formula is C42H46BrN3O7. The minimum atomic E-state index is -1.42. The van der Waals surface area contributed by atoms with Crippen LogP contribution in [0.3, 0.4) is 0 Å². The zero-order valence-electron chi connectivity index (χ0n) is 30.1. The quantitative estimate of drug-likeness (QED) is 0.167. The molecule has 1 N–H and O–H groups in total. The normalized spacial score (nSPS) is 29.8. The standard InChI is InChI=1S/C42H46BrN3O7/c1-27-36(29-16-7-5-8-17-29)52-41(51)34-35-39(49)46(23-12-3-4-14-24-47)38(42(35)26-32(43)37(34)53-42)40(50)45(22-13-6-9-19-33(48)44(27)2)31-21-20-28-15-10-11-18-30(28)25-31/h5-8,10-11,13,15-18,20-21,25-27,34-38,47H,3-4,9,12,14,19,22-24H2,1-2H3/b13-6-/t27-,34+,35-,36+,37+,38+,42-/m1/s1. The van der Waals surface area contributed by atoms with Crippen LogP contribution in [0.25, 0.3) is 10.8 Å². The second-order valence-corrected chi connectivity index (χ2v) is 15.4. The van der Waals surface area contributed by atoms with E-state index < -0.39 is 47.7 Å². The lowest BCUT2D eigenvalue weighted by molar-refractivity contribution is -0.164. The molecule has 278 valence electrons. The first-order chi connectivity index (χ1) is 25.7. The number of nitrogens with zero attached hydrogens (tertiary/aromatic N) is 3. The van der Waals surface area contributed by atoms with Gasteiger partial charge in [0.05, 0.1) is 12.0 Å². The van der Waals surface area contributed by atoms with E-state index in [-0.39, 0.29) is 43.8 Å². The van der Waals surface area contributed by atoms with Gasteiger partial charge >= 0.3 is 5.97 Å². The first kappa shape index (κ1) is 37.0. The van der Waals surface area contributed by atoms with Crippen molar-refractivity contribution in [1.82, 2.24) is 9.80 Å². The number of amides is 3. The topological polar surface area (TPSA) is 117 Å². The molecule has 5 bridgehead atoms. The number of rotatable bonds is 8. The Hall–Kier alpha value is -4.32. The third-order valence-electron chi connectivity index (χ3n) is 11.3. The molecule has 1 spiro atoms. The molecule has 2 fully saturated rings. The zero-order chi connectivity index (χ0) is 37.3. The van der Waals surface area contributed by atoms with Gasteiger partial charge in [-0.05, 0) is 60.7 Å². The smallest absolute Gasteiger partial charge is 0.313 e. The molecule has 4 heterocycles. The van der Waals surface area contributed by atoms with E-state index in [1.54, 1.807) is 21.7 Å². The molecule has 53 heavy (non-hydrogen) atoms. The van der Waals surface area contributed by atoms with Crippen LogP contribution in [-0.2, 0) is 28.7 Å². The van der Waals surface area contributed by atoms with Crippen molar-refractivity contribution in [3.05, 3.63) is 101 Å². The number of carbonyl (C=O) groups is 4. The number of cyclic esters (lactones) is 1. The number of esters is 1. The van der Waals surface area contributed by atoms with Gasteiger partial charge in [-0.15, -0.1) is 0 Å². The van der Waals surface area contributed by atoms with Crippen molar-refractivity contribution >= 4 is 56.1 Å². The lowest BCUT2D eigenvalue weighted by Crippen LogP contribution is -2.56. The van der Waals surface area contributed by atoms with Gasteiger partial charge in [-0.2, -0.15) is 0 Å². The van der Waals surface area contributed by atoms with E-state index in [9.17, 15) is 19.5 Å². The molecule has 3 aromatic rings. The van der Waals surface area contributed by atoms with Crippen LogP contribution in [0.5, 0.6) is 0 Å². The number of likely N-dealkylation sites (tertiary alicyclic amines) is 1. The molecule has 0 saturated carbocycles. The fourth-order valence-corrected chi connectivity index (χ4v) is 9.21. The van der Waals surface area contributed by atoms with Crippen LogP contribution >= 0.6 is 15.9 Å². The summed E-state index contributed by atoms with van der Waals surface area (Å²) in [5.74, 6) is -3.39. The molecule has 2 saturated heterocycles. The Labute approximate surface area is 318 Å². The van der Waals surface area contributed by atoms with Crippen LogP contribution < -0.4 is 4.90 Å². The van der Waals surface area contributed by atoms with Crippen molar-refractivity contribution in [2.24, 2.45) is 11.8 Å². The van der Waals surface area contributed by atoms with Crippen molar-refractivity contribution in [1.29, 1.82) is 0 Å². The molecule has 11 heteroatoms. The molecule has 4 aliphatic heterocycles. The van der Waals surface area contributed by atoms with E-state index in [0.717, 1.165) is 29.2 Å². The number of carbonyl (C=O) groups excluding carboxylic acids is 4. The van der Waals surface area contributed by atoms with E-state index in [2.05, 4.69) is 15.9 Å². The lowest BCUT2D eigenvalue weighted by Gasteiger charge is -2.36. The van der Waals surface area contributed by atoms with Gasteiger partial charge in [-0.25, -0.2) is 0 Å². The number of hydrogen-bond donors (Lipinski definition) is 1. The Kier molecular flexibility index (Phi) is 10.9. The minimum absolute atomic E-state index is 0.0908. The van der Waals surface area contributed by atoms with Gasteiger partial charge < -0.3 is 29.3 Å². The van der Waals surface area contributed by atoms with Crippen molar-refractivity contribution in [2.45, 2.75) is 75.3 Å². The van der Waals surface area contributed by atoms with E-state index >= 15 is 4.79 Å². The van der Waals surface area contributed by atoms with E-state index in [0.29, 0.717) is 29.4 Å². The van der Waals surface area contributed by atoms with Gasteiger partial charge in [-0.1, -0.05) is 102 Å². The number of benzene rings is 3. The minimum Gasteiger partial charge on any atom is -0.455 e. The highest BCUT2D eigenvalue weighted by atomic mass is 79.9. The number of allylic oxidation sites excluding steroid dienone is 1. The number of aliphatic hydroxyl groups excluding tert-OH is 1. The predicted octanol–water partition coefficient (Wildman–Crippen LogP) is 6.08. The molecule has 4 aliphatic rings. The number of anilines is 1. The van der Waals surface area contributed by atoms with Crippen molar-refractivity contribution in [3.63, 3.8) is 0 Å². The van der Waals surface area contributed by atoms with Gasteiger partial charge in [-0.3, -0.25) is 19.2 Å². The number of ether oxygens (including phenoxy) is 2. The molecule has 0 radical (unpaired) electrons. The van der Waals surface area contributed by atoms with E-state index in [1.807, 2.05) is 97.9 Å². The number of likely N-dealkylation sites (N-methyl/N-ethyl adjacent to an activating group) is 1. The SMILES string of the molecule is C[C@@H]1[C@@H](c2ccccc2)OC(=O)[C@@H]2[C@H]3O[C@@]4(C=C3Br)[C@H](C(=O)N(c3ccc5ccccc5c3)C/C=C\CCC(=O)N1C)N(CCCCCCO)C(=O)[C@@H]24. The molecule has 0 aliphatic carbocycles. The summed E-state index contributed by atoms with van der Waals surface area (Å²) in [6, 6.07) is 21.5. The van der Waals surface area contributed by atoms with Gasteiger partial charge in [0.25, 0.3) is 5.91 Å². The number of unbranched alkanes of at least 4 members (excludes halogenated alkanes) is 3. The Morgan fingerprint density at radius 2 is 1.60 bits per heavy atom. The zero-order valence-corrected chi connectivity index (χ0v) is 31.7. The summed E-state index contributed by atoms with van der Waals surface area (Å²) in [7, 11) is 1.72. The van der Waals surface area contributed by atoms with Crippen LogP contribution in [-0.4, -0.2) is 89.1 Å². The summed E-state index contributed by atoms with van der Waals surface area (Å²) in [5.41, 5.74) is -0.0336. The molecule has 10 nitrogen and oxygen atoms in total. The summed E-state index contributed by atoms with van der Waals surface area (Å²) in [4.78, 5) is 63.0. The van der Waals surface area contributed by atoms with Crippen LogP contribution in [0.2, 0.25) is 0 Å². The number of hydrogen-bond acceptors (Lipinski definition) is 7. The Bertz CT molecular complexity index is 1930. The maximum Gasteiger partial charge on any atom is 0.313 e. The maximum atomic E-state index is 15.3. The first-order valence-corrected chi connectivity index (χ1v) is 19.4. The summed E-state index contributed by atoms with van der Waals surface area (Å²) >= 11 is 3.66. The maximum absolute atomic E-state index is 15.3. The Morgan fingerprint density at radius 1 is 0.868 bits per heavy atom. The summed E-state index contributed by atoms with van der Waals surface area (Å²) in [6.45, 7) is 2.44. The second-order valence-electron chi connectivity index (χ2n) is 14.5. The molecule has 3 amide bonds. The Morgan fingerprint density at radius 3 is 2.38 bits per heavy atom. The van der Waals surface area contributed by atoms with Crippen LogP contribution in [0.15, 0.2) is 95.5 Å². The van der Waals surface area contributed by atoms with Gasteiger partial charge in [0.2, 0.25) is 11.8 Å². The van der Waals surface area contributed by atoms with Crippen molar-refractivity contribution in [3.8, 4) is 0 Å². The highest BCUT2D eigenvalue weighted by Crippen LogP contribution is 2.59. The van der Waals surface area contributed by atoms with Gasteiger partial charge in [0, 0.05) is 43.3 Å². The third kappa shape index (κ3) is 6.83. The second kappa shape index (κ2) is 15.6. The number of aliphatic hydroxyl groups is 1. The fourth-order valence-electron chi connectivity index (χ4n) is 8.47. The highest BCUT2D eigenvalue weighted by molar-refractivity contribution is 9.11. The molecule has 0 aromatic heterocycles. The average Bonchev–Trinajstić information content (AvgIpc) is 3.76. The largest absolute Gasteiger partial charge is 0.455 e. The number of halogens is 1. The average molecular weight is 785 g/mol. The van der Waals surface area contributed by atoms with Crippen LogP contribution in [0.1, 0.15) is 57.1 Å². The fraction of sp³-hybridized carbons (Fsp3) is 0.429. The van der Waals surface area contributed by atoms with Crippen molar-refractivity contribution in [2.75, 3.05) is 31.6 Å². The summed E-state index contributed by atoms with van der Waals surface area (Å²) < 4.78 is 13.7. The van der Waals surface area contributed by atoms with E-state index in [1.165, 1.54) is 0 Å². The molecule has 7 atom stereocenters. The summed E-state index contributed by atoms with van der Waals surface area (Å²) in [6.07, 6.45) is 7.49. The van der Waals surface area contributed by atoms with Gasteiger partial charge in [0.15, 0.2) is 0 Å². The van der Waals surface area contributed by atoms with Crippen LogP contribution in [0, 0.1) is 11.8 Å². The molecule has 3 aromatic carbocycles. The van der Waals surface area contributed by atoms with Crippen LogP contribution in [0.4, 0.5) is 5.69 Å².